The molecule has 0 unspecified atom stereocenters. The van der Waals surface area contributed by atoms with Crippen molar-refractivity contribution in [2.24, 2.45) is 0 Å². The van der Waals surface area contributed by atoms with E-state index in [2.05, 4.69) is 66.5 Å². The van der Waals surface area contributed by atoms with Gasteiger partial charge in [-0.2, -0.15) is 0 Å². The molecule has 114 valence electrons. The third kappa shape index (κ3) is 5.37. The van der Waals surface area contributed by atoms with Crippen molar-refractivity contribution in [1.82, 2.24) is 10.2 Å². The molecule has 0 spiro atoms. The highest BCUT2D eigenvalue weighted by Crippen LogP contribution is 2.13. The predicted molar refractivity (Wildman–Crippen MR) is 86.9 cm³/mol. The quantitative estimate of drug-likeness (QED) is 0.711. The van der Waals surface area contributed by atoms with Crippen LogP contribution in [0.1, 0.15) is 37.4 Å². The first-order valence-corrected chi connectivity index (χ1v) is 7.86. The summed E-state index contributed by atoms with van der Waals surface area (Å²) in [5, 5.41) is 3.36. The molecule has 21 heavy (non-hydrogen) atoms. The van der Waals surface area contributed by atoms with Gasteiger partial charge in [-0.15, -0.1) is 0 Å². The van der Waals surface area contributed by atoms with E-state index in [1.165, 1.54) is 5.56 Å². The first kappa shape index (κ1) is 15.8. The van der Waals surface area contributed by atoms with Crippen molar-refractivity contribution in [3.05, 3.63) is 59.5 Å². The molecule has 3 nitrogen and oxygen atoms in total. The second-order valence-electron chi connectivity index (χ2n) is 5.33. The molecule has 0 aliphatic heterocycles. The zero-order valence-electron chi connectivity index (χ0n) is 13.1. The summed E-state index contributed by atoms with van der Waals surface area (Å²) in [5.74, 6) is 2.07. The predicted octanol–water partition coefficient (Wildman–Crippen LogP) is 3.80. The van der Waals surface area contributed by atoms with Gasteiger partial charge in [0.25, 0.3) is 0 Å². The molecule has 2 aromatic rings. The van der Waals surface area contributed by atoms with E-state index in [0.717, 1.165) is 50.7 Å². The van der Waals surface area contributed by atoms with Crippen LogP contribution < -0.4 is 5.32 Å². The Balaban J connectivity index is 1.86. The Bertz CT molecular complexity index is 507. The highest BCUT2D eigenvalue weighted by molar-refractivity contribution is 5.15. The Morgan fingerprint density at radius 1 is 0.952 bits per heavy atom. The van der Waals surface area contributed by atoms with Gasteiger partial charge in [-0.3, -0.25) is 4.90 Å². The molecule has 2 rings (SSSR count). The average molecular weight is 286 g/mol. The van der Waals surface area contributed by atoms with Crippen molar-refractivity contribution in [2.75, 3.05) is 13.1 Å². The second-order valence-corrected chi connectivity index (χ2v) is 5.33. The number of rotatable bonds is 9. The van der Waals surface area contributed by atoms with Crippen molar-refractivity contribution < 1.29 is 4.42 Å². The Labute approximate surface area is 128 Å². The Hall–Kier alpha value is -1.58. The van der Waals surface area contributed by atoms with Crippen molar-refractivity contribution in [3.63, 3.8) is 0 Å². The van der Waals surface area contributed by atoms with Gasteiger partial charge >= 0.3 is 0 Å². The summed E-state index contributed by atoms with van der Waals surface area (Å²) in [4.78, 5) is 2.39. The third-order valence-corrected chi connectivity index (χ3v) is 3.52. The van der Waals surface area contributed by atoms with Crippen LogP contribution in [0.2, 0.25) is 0 Å². The first-order chi connectivity index (χ1) is 10.3. The lowest BCUT2D eigenvalue weighted by Gasteiger charge is -2.19. The number of nitrogens with zero attached hydrogens (tertiary/aromatic N) is 1. The molecule has 0 saturated heterocycles. The van der Waals surface area contributed by atoms with Gasteiger partial charge in [0, 0.05) is 6.54 Å². The van der Waals surface area contributed by atoms with Crippen LogP contribution in [-0.2, 0) is 19.6 Å². The summed E-state index contributed by atoms with van der Waals surface area (Å²) in [5.41, 5.74) is 1.34. The monoisotopic (exact) mass is 286 g/mol. The molecule has 0 fully saturated rings. The van der Waals surface area contributed by atoms with Crippen LogP contribution in [0.4, 0.5) is 0 Å². The van der Waals surface area contributed by atoms with Crippen LogP contribution in [0.15, 0.2) is 46.9 Å². The minimum absolute atomic E-state index is 0.818. The molecule has 0 aliphatic rings. The van der Waals surface area contributed by atoms with E-state index in [1.54, 1.807) is 0 Å². The summed E-state index contributed by atoms with van der Waals surface area (Å²) >= 11 is 0. The molecule has 0 aliphatic carbocycles. The van der Waals surface area contributed by atoms with E-state index < -0.39 is 0 Å². The molecule has 1 N–H and O–H groups in total. The van der Waals surface area contributed by atoms with Gasteiger partial charge in [-0.05, 0) is 37.2 Å². The molecule has 1 heterocycles. The zero-order valence-corrected chi connectivity index (χ0v) is 13.1. The Morgan fingerprint density at radius 2 is 1.71 bits per heavy atom. The molecule has 0 bridgehead atoms. The zero-order chi connectivity index (χ0) is 14.9. The largest absolute Gasteiger partial charge is 0.463 e. The smallest absolute Gasteiger partial charge is 0.118 e. The van der Waals surface area contributed by atoms with E-state index in [0.29, 0.717) is 0 Å². The fourth-order valence-electron chi connectivity index (χ4n) is 2.33. The Morgan fingerprint density at radius 3 is 2.43 bits per heavy atom. The van der Waals surface area contributed by atoms with Crippen molar-refractivity contribution in [2.45, 2.75) is 39.9 Å². The summed E-state index contributed by atoms with van der Waals surface area (Å²) < 4.78 is 5.90. The number of hydrogen-bond acceptors (Lipinski definition) is 3. The van der Waals surface area contributed by atoms with E-state index in [1.807, 2.05) is 0 Å². The van der Waals surface area contributed by atoms with Crippen molar-refractivity contribution >= 4 is 0 Å². The normalized spacial score (nSPS) is 11.2. The molecular formula is C18H26N2O. The van der Waals surface area contributed by atoms with Gasteiger partial charge in [-0.25, -0.2) is 0 Å². The maximum absolute atomic E-state index is 5.90. The van der Waals surface area contributed by atoms with Crippen LogP contribution >= 0.6 is 0 Å². The molecule has 3 heteroatoms. The maximum atomic E-state index is 5.90. The van der Waals surface area contributed by atoms with Gasteiger partial charge < -0.3 is 9.73 Å². The maximum Gasteiger partial charge on any atom is 0.118 e. The van der Waals surface area contributed by atoms with E-state index in [4.69, 9.17) is 4.42 Å². The fourth-order valence-corrected chi connectivity index (χ4v) is 2.33. The molecule has 0 atom stereocenters. The minimum atomic E-state index is 0.818. The molecule has 0 amide bonds. The summed E-state index contributed by atoms with van der Waals surface area (Å²) in [7, 11) is 0. The van der Waals surface area contributed by atoms with Gasteiger partial charge in [-0.1, -0.05) is 44.2 Å². The van der Waals surface area contributed by atoms with Gasteiger partial charge in [0.05, 0.1) is 13.1 Å². The molecule has 0 saturated carbocycles. The van der Waals surface area contributed by atoms with Crippen molar-refractivity contribution in [1.29, 1.82) is 0 Å². The highest BCUT2D eigenvalue weighted by Gasteiger charge is 2.08. The van der Waals surface area contributed by atoms with Gasteiger partial charge in [0.2, 0.25) is 0 Å². The fraction of sp³-hybridized carbons (Fsp3) is 0.444. The number of benzene rings is 1. The van der Waals surface area contributed by atoms with Crippen LogP contribution in [0.25, 0.3) is 0 Å². The second kappa shape index (κ2) is 8.65. The summed E-state index contributed by atoms with van der Waals surface area (Å²) in [6, 6.07) is 14.8. The van der Waals surface area contributed by atoms with Crippen LogP contribution in [0, 0.1) is 0 Å². The standard InChI is InChI=1S/C18H26N2O/c1-3-12-19-13-17-10-11-18(21-17)15-20(4-2)14-16-8-6-5-7-9-16/h5-11,19H,3-4,12-15H2,1-2H3. The Kier molecular flexibility index (Phi) is 6.51. The molecule has 1 aromatic heterocycles. The number of hydrogen-bond donors (Lipinski definition) is 1. The first-order valence-electron chi connectivity index (χ1n) is 7.86. The topological polar surface area (TPSA) is 28.4 Å². The van der Waals surface area contributed by atoms with E-state index in [-0.39, 0.29) is 0 Å². The van der Waals surface area contributed by atoms with Crippen molar-refractivity contribution in [3.8, 4) is 0 Å². The van der Waals surface area contributed by atoms with Crippen LogP contribution in [-0.4, -0.2) is 18.0 Å². The summed E-state index contributed by atoms with van der Waals surface area (Å²) in [6.07, 6.45) is 1.15. The SMILES string of the molecule is CCCNCc1ccc(CN(CC)Cc2ccccc2)o1. The number of nitrogens with one attached hydrogen (secondary N) is 1. The van der Waals surface area contributed by atoms with E-state index >= 15 is 0 Å². The van der Waals surface area contributed by atoms with Crippen LogP contribution in [0.5, 0.6) is 0 Å². The minimum Gasteiger partial charge on any atom is -0.463 e. The van der Waals surface area contributed by atoms with Crippen LogP contribution in [0.3, 0.4) is 0 Å². The molecule has 0 radical (unpaired) electrons. The van der Waals surface area contributed by atoms with Gasteiger partial charge in [0.1, 0.15) is 11.5 Å². The number of furan rings is 1. The lowest BCUT2D eigenvalue weighted by Crippen LogP contribution is -2.22. The lowest BCUT2D eigenvalue weighted by atomic mass is 10.2. The lowest BCUT2D eigenvalue weighted by molar-refractivity contribution is 0.244. The highest BCUT2D eigenvalue weighted by atomic mass is 16.3. The molecular weight excluding hydrogens is 260 g/mol. The summed E-state index contributed by atoms with van der Waals surface area (Å²) in [6.45, 7) is 9.04. The third-order valence-electron chi connectivity index (χ3n) is 3.52. The average Bonchev–Trinajstić information content (AvgIpc) is 2.95. The van der Waals surface area contributed by atoms with Gasteiger partial charge in [0.15, 0.2) is 0 Å². The molecule has 1 aromatic carbocycles. The van der Waals surface area contributed by atoms with E-state index in [9.17, 15) is 0 Å².